The van der Waals surface area contributed by atoms with Crippen molar-refractivity contribution >= 4 is 23.2 Å². The van der Waals surface area contributed by atoms with Crippen molar-refractivity contribution < 1.29 is 13.7 Å². The van der Waals surface area contributed by atoms with Crippen LogP contribution < -0.4 is 4.90 Å². The van der Waals surface area contributed by atoms with Crippen molar-refractivity contribution in [2.75, 3.05) is 11.4 Å². The fourth-order valence-corrected chi connectivity index (χ4v) is 3.43. The highest BCUT2D eigenvalue weighted by Gasteiger charge is 2.34. The van der Waals surface area contributed by atoms with Crippen LogP contribution in [0.3, 0.4) is 0 Å². The Morgan fingerprint density at radius 3 is 2.89 bits per heavy atom. The van der Waals surface area contributed by atoms with Crippen molar-refractivity contribution in [1.82, 2.24) is 10.1 Å². The van der Waals surface area contributed by atoms with E-state index in [0.717, 1.165) is 11.1 Å². The predicted molar refractivity (Wildman–Crippen MR) is 99.4 cm³/mol. The van der Waals surface area contributed by atoms with Gasteiger partial charge in [-0.15, -0.1) is 0 Å². The van der Waals surface area contributed by atoms with Gasteiger partial charge in [-0.05, 0) is 36.2 Å². The fraction of sp³-hybridized carbons (Fsp3) is 0.250. The molecule has 0 N–H and O–H groups in total. The number of rotatable bonds is 4. The second-order valence-electron chi connectivity index (χ2n) is 6.65. The van der Waals surface area contributed by atoms with Crippen molar-refractivity contribution in [3.05, 3.63) is 76.1 Å². The lowest BCUT2D eigenvalue weighted by Gasteiger charge is -2.16. The molecule has 2 heterocycles. The highest BCUT2D eigenvalue weighted by Crippen LogP contribution is 2.32. The van der Waals surface area contributed by atoms with E-state index in [-0.39, 0.29) is 23.3 Å². The van der Waals surface area contributed by atoms with Crippen molar-refractivity contribution in [2.45, 2.75) is 25.7 Å². The van der Waals surface area contributed by atoms with Crippen LogP contribution in [0, 0.1) is 12.7 Å². The molecule has 1 aliphatic heterocycles. The summed E-state index contributed by atoms with van der Waals surface area (Å²) in [6.45, 7) is 2.44. The Labute approximate surface area is 160 Å². The van der Waals surface area contributed by atoms with Crippen molar-refractivity contribution in [1.29, 1.82) is 0 Å². The molecule has 1 aliphatic rings. The zero-order valence-corrected chi connectivity index (χ0v) is 15.4. The number of hydrogen-bond donors (Lipinski definition) is 0. The summed E-state index contributed by atoms with van der Waals surface area (Å²) in [4.78, 5) is 18.5. The van der Waals surface area contributed by atoms with Crippen LogP contribution in [0.25, 0.3) is 0 Å². The fourth-order valence-electron chi connectivity index (χ4n) is 3.26. The highest BCUT2D eigenvalue weighted by atomic mass is 35.5. The summed E-state index contributed by atoms with van der Waals surface area (Å²) in [6, 6.07) is 12.3. The molecule has 5 nitrogen and oxygen atoms in total. The van der Waals surface area contributed by atoms with Gasteiger partial charge in [0.15, 0.2) is 5.82 Å². The van der Waals surface area contributed by atoms with Gasteiger partial charge in [0.1, 0.15) is 5.82 Å². The van der Waals surface area contributed by atoms with E-state index in [1.165, 1.54) is 12.1 Å². The average Bonchev–Trinajstić information content (AvgIpc) is 3.26. The molecule has 0 unspecified atom stereocenters. The molecular formula is C20H17ClFN3O2. The SMILES string of the molecule is Cc1ccccc1Cc1nc([C@@H]2CC(=O)N(c3ccc(F)c(Cl)c3)C2)no1. The molecule has 0 radical (unpaired) electrons. The third-order valence-electron chi connectivity index (χ3n) is 4.79. The first-order chi connectivity index (χ1) is 13.0. The molecule has 27 heavy (non-hydrogen) atoms. The zero-order valence-electron chi connectivity index (χ0n) is 14.7. The summed E-state index contributed by atoms with van der Waals surface area (Å²) < 4.78 is 18.8. The standard InChI is InChI=1S/C20H17ClFN3O2/c1-12-4-2-3-5-13(12)8-18-23-20(24-27-18)14-9-19(26)25(11-14)15-6-7-17(22)16(21)10-15/h2-7,10,14H,8-9,11H2,1H3/t14-/m1/s1. The van der Waals surface area contributed by atoms with Crippen molar-refractivity contribution in [2.24, 2.45) is 0 Å². The molecule has 4 rings (SSSR count). The van der Waals surface area contributed by atoms with E-state index in [4.69, 9.17) is 16.1 Å². The molecule has 2 aromatic carbocycles. The van der Waals surface area contributed by atoms with Crippen LogP contribution in [-0.2, 0) is 11.2 Å². The Balaban J connectivity index is 1.50. The Bertz CT molecular complexity index is 1000. The number of carbonyl (C=O) groups is 1. The van der Waals surface area contributed by atoms with Crippen LogP contribution in [0.15, 0.2) is 47.0 Å². The molecule has 1 fully saturated rings. The molecule has 1 aromatic heterocycles. The van der Waals surface area contributed by atoms with Crippen molar-refractivity contribution in [3.8, 4) is 0 Å². The van der Waals surface area contributed by atoms with Gasteiger partial charge in [0.2, 0.25) is 11.8 Å². The van der Waals surface area contributed by atoms with Crippen LogP contribution in [0.2, 0.25) is 5.02 Å². The smallest absolute Gasteiger partial charge is 0.231 e. The lowest BCUT2D eigenvalue weighted by atomic mass is 10.1. The number of carbonyl (C=O) groups excluding carboxylic acids is 1. The van der Waals surface area contributed by atoms with Gasteiger partial charge in [0, 0.05) is 24.6 Å². The first-order valence-electron chi connectivity index (χ1n) is 8.63. The Morgan fingerprint density at radius 2 is 2.11 bits per heavy atom. The first-order valence-corrected chi connectivity index (χ1v) is 9.01. The average molecular weight is 386 g/mol. The third kappa shape index (κ3) is 3.57. The molecule has 1 atom stereocenters. The summed E-state index contributed by atoms with van der Waals surface area (Å²) in [5.41, 5.74) is 2.85. The number of nitrogens with zero attached hydrogens (tertiary/aromatic N) is 3. The monoisotopic (exact) mass is 385 g/mol. The molecular weight excluding hydrogens is 369 g/mol. The van der Waals surface area contributed by atoms with E-state index in [2.05, 4.69) is 10.1 Å². The van der Waals surface area contributed by atoms with Gasteiger partial charge >= 0.3 is 0 Å². The van der Waals surface area contributed by atoms with Crippen molar-refractivity contribution in [3.63, 3.8) is 0 Å². The molecule has 138 valence electrons. The molecule has 7 heteroatoms. The van der Waals surface area contributed by atoms with E-state index < -0.39 is 5.82 Å². The molecule has 0 bridgehead atoms. The molecule has 1 saturated heterocycles. The van der Waals surface area contributed by atoms with Crippen LogP contribution in [0.5, 0.6) is 0 Å². The number of benzene rings is 2. The first kappa shape index (κ1) is 17.7. The molecule has 0 saturated carbocycles. The van der Waals surface area contributed by atoms with Gasteiger partial charge in [-0.2, -0.15) is 4.98 Å². The summed E-state index contributed by atoms with van der Waals surface area (Å²) in [6.07, 6.45) is 0.829. The summed E-state index contributed by atoms with van der Waals surface area (Å²) in [7, 11) is 0. The van der Waals surface area contributed by atoms with Gasteiger partial charge in [0.25, 0.3) is 0 Å². The van der Waals surface area contributed by atoms with Gasteiger partial charge in [-0.1, -0.05) is 41.0 Å². The van der Waals surface area contributed by atoms with Gasteiger partial charge in [0.05, 0.1) is 11.4 Å². The van der Waals surface area contributed by atoms with E-state index in [1.54, 1.807) is 11.0 Å². The largest absolute Gasteiger partial charge is 0.339 e. The second kappa shape index (κ2) is 7.12. The van der Waals surface area contributed by atoms with E-state index in [1.807, 2.05) is 31.2 Å². The number of anilines is 1. The maximum Gasteiger partial charge on any atom is 0.231 e. The zero-order chi connectivity index (χ0) is 19.0. The minimum atomic E-state index is -0.511. The second-order valence-corrected chi connectivity index (χ2v) is 7.06. The Morgan fingerprint density at radius 1 is 1.30 bits per heavy atom. The highest BCUT2D eigenvalue weighted by molar-refractivity contribution is 6.31. The van der Waals surface area contributed by atoms with Crippen LogP contribution in [0.4, 0.5) is 10.1 Å². The van der Waals surface area contributed by atoms with Crippen LogP contribution >= 0.6 is 11.6 Å². The van der Waals surface area contributed by atoms with E-state index in [9.17, 15) is 9.18 Å². The Kier molecular flexibility index (Phi) is 4.66. The molecule has 0 spiro atoms. The van der Waals surface area contributed by atoms with Gasteiger partial charge in [-0.3, -0.25) is 4.79 Å². The van der Waals surface area contributed by atoms with Gasteiger partial charge < -0.3 is 9.42 Å². The molecule has 0 aliphatic carbocycles. The van der Waals surface area contributed by atoms with Crippen LogP contribution in [-0.4, -0.2) is 22.6 Å². The van der Waals surface area contributed by atoms with E-state index >= 15 is 0 Å². The quantitative estimate of drug-likeness (QED) is 0.672. The number of aromatic nitrogens is 2. The predicted octanol–water partition coefficient (Wildman–Crippen LogP) is 4.28. The number of hydrogen-bond acceptors (Lipinski definition) is 4. The number of aryl methyl sites for hydroxylation is 1. The maximum atomic E-state index is 13.4. The lowest BCUT2D eigenvalue weighted by molar-refractivity contribution is -0.117. The van der Waals surface area contributed by atoms with Crippen LogP contribution in [0.1, 0.15) is 35.2 Å². The topological polar surface area (TPSA) is 59.2 Å². The molecule has 1 amide bonds. The number of halogens is 2. The summed E-state index contributed by atoms with van der Waals surface area (Å²) >= 11 is 5.83. The van der Waals surface area contributed by atoms with E-state index in [0.29, 0.717) is 30.4 Å². The molecule has 3 aromatic rings. The normalized spacial score (nSPS) is 16.9. The lowest BCUT2D eigenvalue weighted by Crippen LogP contribution is -2.24. The minimum Gasteiger partial charge on any atom is -0.339 e. The summed E-state index contributed by atoms with van der Waals surface area (Å²) in [5.74, 6) is 0.281. The maximum absolute atomic E-state index is 13.4. The number of amides is 1. The van der Waals surface area contributed by atoms with Gasteiger partial charge in [-0.25, -0.2) is 4.39 Å². The Hall–Kier alpha value is -2.73. The summed E-state index contributed by atoms with van der Waals surface area (Å²) in [5, 5.41) is 4.06. The minimum absolute atomic E-state index is 0.0103. The third-order valence-corrected chi connectivity index (χ3v) is 5.08.